The fourth-order valence-electron chi connectivity index (χ4n) is 2.50. The Hall–Kier alpha value is -3.62. The highest BCUT2D eigenvalue weighted by atomic mass is 19.1. The van der Waals surface area contributed by atoms with E-state index in [1.54, 1.807) is 13.0 Å². The highest BCUT2D eigenvalue weighted by Gasteiger charge is 2.14. The van der Waals surface area contributed by atoms with Crippen LogP contribution in [0.15, 0.2) is 30.6 Å². The summed E-state index contributed by atoms with van der Waals surface area (Å²) in [5.41, 5.74) is 1.26. The fraction of sp³-hybridized carbons (Fsp3) is 0.167. The van der Waals surface area contributed by atoms with Crippen LogP contribution in [0.4, 0.5) is 15.9 Å². The van der Waals surface area contributed by atoms with E-state index in [4.69, 9.17) is 14.6 Å². The largest absolute Gasteiger partial charge is 0.507 e. The maximum Gasteiger partial charge on any atom is 0.341 e. The minimum atomic E-state index is -1.12. The molecular formula is C18H16FN3O5. The highest BCUT2D eigenvalue weighted by molar-refractivity contribution is 5.93. The maximum atomic E-state index is 13.6. The summed E-state index contributed by atoms with van der Waals surface area (Å²) in [4.78, 5) is 19.0. The van der Waals surface area contributed by atoms with Gasteiger partial charge in [-0.15, -0.1) is 0 Å². The van der Waals surface area contributed by atoms with Crippen LogP contribution in [0.25, 0.3) is 10.9 Å². The van der Waals surface area contributed by atoms with Crippen molar-refractivity contribution in [2.75, 3.05) is 19.0 Å². The number of carbonyl (C=O) groups is 1. The number of aromatic nitrogens is 2. The fourth-order valence-corrected chi connectivity index (χ4v) is 2.50. The summed E-state index contributed by atoms with van der Waals surface area (Å²) < 4.78 is 24.1. The summed E-state index contributed by atoms with van der Waals surface area (Å²) in [7, 11) is 1.42. The number of carboxylic acids is 1. The van der Waals surface area contributed by atoms with E-state index in [1.165, 1.54) is 25.6 Å². The Kier molecular flexibility index (Phi) is 4.93. The van der Waals surface area contributed by atoms with Gasteiger partial charge in [-0.25, -0.2) is 19.2 Å². The van der Waals surface area contributed by atoms with Gasteiger partial charge in [0, 0.05) is 28.8 Å². The second kappa shape index (κ2) is 7.32. The number of phenols is 1. The van der Waals surface area contributed by atoms with Gasteiger partial charge in [0.15, 0.2) is 18.1 Å². The number of anilines is 2. The van der Waals surface area contributed by atoms with Crippen LogP contribution in [0, 0.1) is 12.7 Å². The third kappa shape index (κ3) is 3.81. The quantitative estimate of drug-likeness (QED) is 0.604. The SMILES string of the molecule is COc1cc2c(Nc3cc(F)cc(O)c3C)ncnc2cc1OCC(=O)O. The van der Waals surface area contributed by atoms with Crippen LogP contribution >= 0.6 is 0 Å². The molecule has 0 saturated carbocycles. The van der Waals surface area contributed by atoms with Crippen molar-refractivity contribution in [1.82, 2.24) is 9.97 Å². The summed E-state index contributed by atoms with van der Waals surface area (Å²) in [6, 6.07) is 5.38. The van der Waals surface area contributed by atoms with Gasteiger partial charge in [0.05, 0.1) is 12.6 Å². The molecule has 1 aromatic heterocycles. The zero-order valence-electron chi connectivity index (χ0n) is 14.5. The van der Waals surface area contributed by atoms with Crippen molar-refractivity contribution >= 4 is 28.4 Å². The first-order valence-corrected chi connectivity index (χ1v) is 7.82. The Morgan fingerprint density at radius 3 is 2.70 bits per heavy atom. The molecule has 27 heavy (non-hydrogen) atoms. The number of aromatic hydroxyl groups is 1. The number of phenolic OH excluding ortho intramolecular Hbond substituents is 1. The van der Waals surface area contributed by atoms with Gasteiger partial charge in [-0.1, -0.05) is 0 Å². The Labute approximate surface area is 153 Å². The standard InChI is InChI=1S/C18H16FN3O5/c1-9-12(3-10(19)4-14(9)23)22-18-11-5-15(26-2)16(27-7-17(24)25)6-13(11)20-8-21-18/h3-6,8,23H,7H2,1-2H3,(H,24,25)(H,20,21,22). The van der Waals surface area contributed by atoms with E-state index in [2.05, 4.69) is 15.3 Å². The van der Waals surface area contributed by atoms with Gasteiger partial charge in [-0.05, 0) is 19.1 Å². The molecule has 3 N–H and O–H groups in total. The van der Waals surface area contributed by atoms with Crippen LogP contribution in [0.2, 0.25) is 0 Å². The first-order valence-electron chi connectivity index (χ1n) is 7.82. The van der Waals surface area contributed by atoms with Gasteiger partial charge in [0.1, 0.15) is 23.7 Å². The predicted octanol–water partition coefficient (Wildman–Crippen LogP) is 3.00. The molecule has 0 aliphatic rings. The Morgan fingerprint density at radius 2 is 2.00 bits per heavy atom. The molecule has 0 saturated heterocycles. The monoisotopic (exact) mass is 373 g/mol. The lowest BCUT2D eigenvalue weighted by Crippen LogP contribution is -2.10. The Balaban J connectivity index is 2.06. The molecule has 140 valence electrons. The van der Waals surface area contributed by atoms with E-state index in [0.717, 1.165) is 6.07 Å². The smallest absolute Gasteiger partial charge is 0.341 e. The normalized spacial score (nSPS) is 10.6. The van der Waals surface area contributed by atoms with E-state index in [1.807, 2.05) is 0 Å². The van der Waals surface area contributed by atoms with Crippen LogP contribution in [0.1, 0.15) is 5.56 Å². The summed E-state index contributed by atoms with van der Waals surface area (Å²) in [5, 5.41) is 22.1. The number of fused-ring (bicyclic) bond motifs is 1. The van der Waals surface area contributed by atoms with Crippen molar-refractivity contribution in [1.29, 1.82) is 0 Å². The van der Waals surface area contributed by atoms with E-state index >= 15 is 0 Å². The molecule has 1 heterocycles. The third-order valence-electron chi connectivity index (χ3n) is 3.87. The van der Waals surface area contributed by atoms with Crippen molar-refractivity contribution in [3.05, 3.63) is 42.0 Å². The Morgan fingerprint density at radius 1 is 1.22 bits per heavy atom. The first kappa shape index (κ1) is 18.2. The van der Waals surface area contributed by atoms with Crippen LogP contribution in [0.5, 0.6) is 17.2 Å². The average molecular weight is 373 g/mol. The van der Waals surface area contributed by atoms with E-state index < -0.39 is 18.4 Å². The minimum Gasteiger partial charge on any atom is -0.507 e. The number of nitrogens with one attached hydrogen (secondary N) is 1. The number of hydrogen-bond donors (Lipinski definition) is 3. The minimum absolute atomic E-state index is 0.183. The van der Waals surface area contributed by atoms with Gasteiger partial charge in [0.25, 0.3) is 0 Å². The van der Waals surface area contributed by atoms with Crippen molar-refractivity contribution in [3.8, 4) is 17.2 Å². The van der Waals surface area contributed by atoms with E-state index in [0.29, 0.717) is 33.7 Å². The molecule has 8 nitrogen and oxygen atoms in total. The lowest BCUT2D eigenvalue weighted by molar-refractivity contribution is -0.139. The molecule has 3 rings (SSSR count). The summed E-state index contributed by atoms with van der Waals surface area (Å²) in [6.07, 6.45) is 1.30. The molecule has 3 aromatic rings. The first-order chi connectivity index (χ1) is 12.9. The topological polar surface area (TPSA) is 114 Å². The van der Waals surface area contributed by atoms with Crippen molar-refractivity contribution < 1.29 is 28.9 Å². The third-order valence-corrected chi connectivity index (χ3v) is 3.87. The summed E-state index contributed by atoms with van der Waals surface area (Å²) >= 11 is 0. The van der Waals surface area contributed by atoms with Crippen molar-refractivity contribution in [2.24, 2.45) is 0 Å². The van der Waals surface area contributed by atoms with Crippen LogP contribution in [0.3, 0.4) is 0 Å². The van der Waals surface area contributed by atoms with Gasteiger partial charge in [-0.2, -0.15) is 0 Å². The van der Waals surface area contributed by atoms with Gasteiger partial charge >= 0.3 is 5.97 Å². The molecule has 0 amide bonds. The zero-order chi connectivity index (χ0) is 19.6. The number of carboxylic acid groups (broad SMARTS) is 1. The molecular weight excluding hydrogens is 357 g/mol. The molecule has 0 aliphatic heterocycles. The predicted molar refractivity (Wildman–Crippen MR) is 95.3 cm³/mol. The molecule has 2 aromatic carbocycles. The highest BCUT2D eigenvalue weighted by Crippen LogP contribution is 2.36. The molecule has 0 radical (unpaired) electrons. The lowest BCUT2D eigenvalue weighted by atomic mass is 10.1. The van der Waals surface area contributed by atoms with Gasteiger partial charge in [0.2, 0.25) is 0 Å². The molecule has 0 bridgehead atoms. The summed E-state index contributed by atoms with van der Waals surface area (Å²) in [5.74, 6) is -1.03. The van der Waals surface area contributed by atoms with E-state index in [9.17, 15) is 14.3 Å². The maximum absolute atomic E-state index is 13.6. The molecule has 0 unspecified atom stereocenters. The number of hydrogen-bond acceptors (Lipinski definition) is 7. The molecule has 0 fully saturated rings. The van der Waals surface area contributed by atoms with Crippen molar-refractivity contribution in [2.45, 2.75) is 6.92 Å². The van der Waals surface area contributed by atoms with Crippen molar-refractivity contribution in [3.63, 3.8) is 0 Å². The molecule has 0 aliphatic carbocycles. The number of methoxy groups -OCH3 is 1. The number of aliphatic carboxylic acids is 1. The van der Waals surface area contributed by atoms with Crippen LogP contribution in [-0.4, -0.2) is 39.9 Å². The van der Waals surface area contributed by atoms with Gasteiger partial charge in [-0.3, -0.25) is 0 Å². The molecule has 0 atom stereocenters. The van der Waals surface area contributed by atoms with Gasteiger partial charge < -0.3 is 25.0 Å². The average Bonchev–Trinajstić information content (AvgIpc) is 2.63. The number of benzene rings is 2. The molecule has 9 heteroatoms. The molecule has 0 spiro atoms. The summed E-state index contributed by atoms with van der Waals surface area (Å²) in [6.45, 7) is 1.11. The van der Waals surface area contributed by atoms with Crippen LogP contribution < -0.4 is 14.8 Å². The lowest BCUT2D eigenvalue weighted by Gasteiger charge is -2.14. The number of nitrogens with zero attached hydrogens (tertiary/aromatic N) is 2. The second-order valence-corrected chi connectivity index (χ2v) is 5.65. The zero-order valence-corrected chi connectivity index (χ0v) is 14.5. The Bertz CT molecular complexity index is 1030. The number of halogens is 1. The van der Waals surface area contributed by atoms with Crippen LogP contribution in [-0.2, 0) is 4.79 Å². The van der Waals surface area contributed by atoms with E-state index in [-0.39, 0.29) is 11.5 Å². The number of ether oxygens (including phenoxy) is 2. The number of rotatable bonds is 6. The second-order valence-electron chi connectivity index (χ2n) is 5.65.